The van der Waals surface area contributed by atoms with Crippen molar-refractivity contribution in [3.05, 3.63) is 29.3 Å². The normalized spacial score (nSPS) is 23.2. The van der Waals surface area contributed by atoms with Gasteiger partial charge in [0.1, 0.15) is 11.3 Å². The van der Waals surface area contributed by atoms with Crippen molar-refractivity contribution < 1.29 is 19.1 Å². The lowest BCUT2D eigenvalue weighted by Gasteiger charge is -2.34. The van der Waals surface area contributed by atoms with Gasteiger partial charge >= 0.3 is 6.03 Å². The zero-order chi connectivity index (χ0) is 22.1. The third kappa shape index (κ3) is 4.19. The molecule has 172 valence electrons. The molecule has 0 atom stereocenters. The Balaban J connectivity index is 1.09. The number of piperazine rings is 1. The molecule has 5 rings (SSSR count). The highest BCUT2D eigenvalue weighted by molar-refractivity contribution is 6.08. The van der Waals surface area contributed by atoms with E-state index in [1.807, 2.05) is 0 Å². The van der Waals surface area contributed by atoms with E-state index >= 15 is 0 Å². The standard InChI is InChI=1S/C23H31N5O4/c29-20(25-28-21(30)23(24-22(28)31)7-2-1-3-8-23)16-27-11-9-26(10-12-27)15-17-4-5-19-18(14-17)6-13-32-19/h4-5,14H,1-3,6-13,15-16H2,(H,24,31)(H,25,29). The van der Waals surface area contributed by atoms with Crippen molar-refractivity contribution in [1.82, 2.24) is 25.6 Å². The van der Waals surface area contributed by atoms with Crippen LogP contribution < -0.4 is 15.5 Å². The van der Waals surface area contributed by atoms with Gasteiger partial charge < -0.3 is 10.1 Å². The minimum Gasteiger partial charge on any atom is -0.493 e. The van der Waals surface area contributed by atoms with E-state index in [9.17, 15) is 14.4 Å². The largest absolute Gasteiger partial charge is 0.493 e. The molecule has 1 aliphatic carbocycles. The van der Waals surface area contributed by atoms with Crippen LogP contribution in [0.3, 0.4) is 0 Å². The number of hydrogen-bond donors (Lipinski definition) is 2. The maximum atomic E-state index is 12.8. The first kappa shape index (κ1) is 21.2. The van der Waals surface area contributed by atoms with Gasteiger partial charge in [-0.15, -0.1) is 0 Å². The summed E-state index contributed by atoms with van der Waals surface area (Å²) in [4.78, 5) is 42.1. The number of fused-ring (bicyclic) bond motifs is 1. The quantitative estimate of drug-likeness (QED) is 0.663. The number of nitrogens with one attached hydrogen (secondary N) is 2. The van der Waals surface area contributed by atoms with Crippen molar-refractivity contribution in [3.63, 3.8) is 0 Å². The number of carbonyl (C=O) groups excluding carboxylic acids is 3. The summed E-state index contributed by atoms with van der Waals surface area (Å²) in [6.45, 7) is 5.11. The van der Waals surface area contributed by atoms with E-state index in [0.29, 0.717) is 12.8 Å². The first-order valence-electron chi connectivity index (χ1n) is 11.7. The first-order valence-corrected chi connectivity index (χ1v) is 11.7. The fourth-order valence-electron chi connectivity index (χ4n) is 5.28. The highest BCUT2D eigenvalue weighted by atomic mass is 16.5. The molecule has 0 aromatic heterocycles. The Morgan fingerprint density at radius 3 is 2.59 bits per heavy atom. The Labute approximate surface area is 188 Å². The summed E-state index contributed by atoms with van der Waals surface area (Å²) < 4.78 is 5.58. The van der Waals surface area contributed by atoms with Crippen molar-refractivity contribution in [3.8, 4) is 5.75 Å². The van der Waals surface area contributed by atoms with Gasteiger partial charge in [-0.25, -0.2) is 4.79 Å². The topological polar surface area (TPSA) is 94.2 Å². The second-order valence-electron chi connectivity index (χ2n) is 9.34. The van der Waals surface area contributed by atoms with Crippen molar-refractivity contribution in [2.24, 2.45) is 0 Å². The van der Waals surface area contributed by atoms with E-state index in [4.69, 9.17) is 4.74 Å². The number of carbonyl (C=O) groups is 3. The molecule has 4 aliphatic rings. The van der Waals surface area contributed by atoms with Gasteiger partial charge in [0.2, 0.25) is 0 Å². The average molecular weight is 442 g/mol. The molecule has 3 heterocycles. The molecular weight excluding hydrogens is 410 g/mol. The molecule has 32 heavy (non-hydrogen) atoms. The molecule has 9 heteroatoms. The summed E-state index contributed by atoms with van der Waals surface area (Å²) in [6, 6.07) is 5.90. The Morgan fingerprint density at radius 2 is 1.81 bits per heavy atom. The van der Waals surface area contributed by atoms with Crippen LogP contribution in [0.25, 0.3) is 0 Å². The van der Waals surface area contributed by atoms with E-state index in [1.54, 1.807) is 0 Å². The fourth-order valence-corrected chi connectivity index (χ4v) is 5.28. The molecule has 1 spiro atoms. The third-order valence-corrected chi connectivity index (χ3v) is 7.10. The monoisotopic (exact) mass is 441 g/mol. The minimum atomic E-state index is -0.822. The Bertz CT molecular complexity index is 906. The maximum Gasteiger partial charge on any atom is 0.344 e. The van der Waals surface area contributed by atoms with Crippen LogP contribution in [0.5, 0.6) is 5.75 Å². The number of hydrazine groups is 1. The maximum absolute atomic E-state index is 12.8. The number of ether oxygens (including phenoxy) is 1. The van der Waals surface area contributed by atoms with Crippen molar-refractivity contribution >= 4 is 17.8 Å². The highest BCUT2D eigenvalue weighted by Gasteiger charge is 2.52. The highest BCUT2D eigenvalue weighted by Crippen LogP contribution is 2.33. The third-order valence-electron chi connectivity index (χ3n) is 7.10. The van der Waals surface area contributed by atoms with Gasteiger partial charge in [-0.05, 0) is 30.0 Å². The molecule has 1 aromatic carbocycles. The van der Waals surface area contributed by atoms with Crippen molar-refractivity contribution in [2.75, 3.05) is 39.3 Å². The van der Waals surface area contributed by atoms with Crippen LogP contribution >= 0.6 is 0 Å². The van der Waals surface area contributed by atoms with Gasteiger partial charge in [-0.3, -0.25) is 24.8 Å². The van der Waals surface area contributed by atoms with E-state index in [2.05, 4.69) is 38.7 Å². The molecule has 9 nitrogen and oxygen atoms in total. The van der Waals surface area contributed by atoms with Crippen LogP contribution in [0, 0.1) is 0 Å². The predicted octanol–water partition coefficient (Wildman–Crippen LogP) is 1.03. The molecule has 1 aromatic rings. The number of nitrogens with zero attached hydrogens (tertiary/aromatic N) is 3. The zero-order valence-electron chi connectivity index (χ0n) is 18.4. The summed E-state index contributed by atoms with van der Waals surface area (Å²) in [5, 5.41) is 3.71. The molecule has 0 bridgehead atoms. The smallest absolute Gasteiger partial charge is 0.344 e. The number of hydrogen-bond acceptors (Lipinski definition) is 6. The summed E-state index contributed by atoms with van der Waals surface area (Å²) in [7, 11) is 0. The molecule has 3 aliphatic heterocycles. The van der Waals surface area contributed by atoms with Crippen LogP contribution in [-0.4, -0.2) is 77.5 Å². The summed E-state index contributed by atoms with van der Waals surface area (Å²) in [6.07, 6.45) is 5.16. The lowest BCUT2D eigenvalue weighted by molar-refractivity contribution is -0.140. The van der Waals surface area contributed by atoms with E-state index in [0.717, 1.165) is 75.8 Å². The van der Waals surface area contributed by atoms with Crippen LogP contribution in [-0.2, 0) is 22.6 Å². The second kappa shape index (κ2) is 8.71. The van der Waals surface area contributed by atoms with E-state index in [-0.39, 0.29) is 18.4 Å². The molecule has 1 saturated carbocycles. The average Bonchev–Trinajstić information content (AvgIpc) is 3.34. The van der Waals surface area contributed by atoms with Gasteiger partial charge in [0.05, 0.1) is 13.2 Å². The van der Waals surface area contributed by atoms with Crippen LogP contribution in [0.1, 0.15) is 43.2 Å². The van der Waals surface area contributed by atoms with Gasteiger partial charge in [0.25, 0.3) is 11.8 Å². The lowest BCUT2D eigenvalue weighted by Crippen LogP contribution is -2.54. The molecule has 4 amide bonds. The van der Waals surface area contributed by atoms with Crippen LogP contribution in [0.4, 0.5) is 4.79 Å². The van der Waals surface area contributed by atoms with Gasteiger partial charge in [0, 0.05) is 39.1 Å². The number of urea groups is 1. The fraction of sp³-hybridized carbons (Fsp3) is 0.609. The lowest BCUT2D eigenvalue weighted by atomic mass is 9.82. The zero-order valence-corrected chi connectivity index (χ0v) is 18.4. The van der Waals surface area contributed by atoms with Crippen LogP contribution in [0.15, 0.2) is 18.2 Å². The Kier molecular flexibility index (Phi) is 5.77. The predicted molar refractivity (Wildman–Crippen MR) is 117 cm³/mol. The molecule has 2 saturated heterocycles. The van der Waals surface area contributed by atoms with Crippen molar-refractivity contribution in [1.29, 1.82) is 0 Å². The Morgan fingerprint density at radius 1 is 1.06 bits per heavy atom. The number of imide groups is 1. The molecule has 0 radical (unpaired) electrons. The number of amides is 4. The summed E-state index contributed by atoms with van der Waals surface area (Å²) in [5.74, 6) is 0.359. The van der Waals surface area contributed by atoms with Gasteiger partial charge in [-0.1, -0.05) is 31.4 Å². The SMILES string of the molecule is O=C(CN1CCN(Cc2ccc3c(c2)CCO3)CC1)NN1C(=O)NC2(CCCCC2)C1=O. The van der Waals surface area contributed by atoms with Crippen molar-refractivity contribution in [2.45, 2.75) is 50.6 Å². The molecular formula is C23H31N5O4. The van der Waals surface area contributed by atoms with Gasteiger partial charge in [-0.2, -0.15) is 5.01 Å². The molecule has 2 N–H and O–H groups in total. The summed E-state index contributed by atoms with van der Waals surface area (Å²) in [5.41, 5.74) is 4.29. The van der Waals surface area contributed by atoms with E-state index in [1.165, 1.54) is 11.1 Å². The van der Waals surface area contributed by atoms with E-state index < -0.39 is 11.6 Å². The number of rotatable bonds is 5. The first-order chi connectivity index (χ1) is 15.5. The van der Waals surface area contributed by atoms with Gasteiger partial charge in [0.15, 0.2) is 0 Å². The van der Waals surface area contributed by atoms with Crippen LogP contribution in [0.2, 0.25) is 0 Å². The molecule has 3 fully saturated rings. The number of benzene rings is 1. The molecule has 0 unspecified atom stereocenters. The second-order valence-corrected chi connectivity index (χ2v) is 9.34. The minimum absolute atomic E-state index is 0.175. The Hall–Kier alpha value is -2.65. The summed E-state index contributed by atoms with van der Waals surface area (Å²) >= 11 is 0.